The molecule has 1 amide bonds. The van der Waals surface area contributed by atoms with E-state index in [0.29, 0.717) is 40.0 Å². The van der Waals surface area contributed by atoms with E-state index < -0.39 is 0 Å². The summed E-state index contributed by atoms with van der Waals surface area (Å²) in [5.74, 6) is 0.410. The van der Waals surface area contributed by atoms with Crippen LogP contribution in [0.2, 0.25) is 0 Å². The Morgan fingerprint density at radius 3 is 2.48 bits per heavy atom. The van der Waals surface area contributed by atoms with Crippen molar-refractivity contribution in [2.75, 3.05) is 33.4 Å². The average Bonchev–Trinajstić information content (AvgIpc) is 3.04. The monoisotopic (exact) mass is 394 g/mol. The Morgan fingerprint density at radius 1 is 1.14 bits per heavy atom. The molecule has 150 valence electrons. The molecule has 7 heteroatoms. The van der Waals surface area contributed by atoms with Crippen LogP contribution in [-0.4, -0.2) is 54.4 Å². The maximum Gasteiger partial charge on any atom is 0.255 e. The van der Waals surface area contributed by atoms with Crippen LogP contribution in [0.1, 0.15) is 15.9 Å². The van der Waals surface area contributed by atoms with Crippen molar-refractivity contribution in [3.8, 4) is 22.8 Å². The molecule has 2 saturated heterocycles. The standard InChI is InChI=1S/C22H22N2O5/c1-23-21(27)19-18-15(8-24-9-22(10-24)11-28-12-22)16(26)6-7-17(18)29-20(19)13-2-4-14(25)5-3-13/h2-7,25-26H,8-12H2,1H3,(H,23,27). The van der Waals surface area contributed by atoms with Gasteiger partial charge >= 0.3 is 0 Å². The summed E-state index contributed by atoms with van der Waals surface area (Å²) in [5, 5.41) is 23.5. The van der Waals surface area contributed by atoms with Crippen molar-refractivity contribution in [3.63, 3.8) is 0 Å². The van der Waals surface area contributed by atoms with Gasteiger partial charge in [0.05, 0.1) is 18.8 Å². The number of rotatable bonds is 4. The second-order valence-electron chi connectivity index (χ2n) is 8.01. The lowest BCUT2D eigenvalue weighted by Crippen LogP contribution is -2.65. The van der Waals surface area contributed by atoms with E-state index in [1.165, 1.54) is 0 Å². The van der Waals surface area contributed by atoms with Crippen LogP contribution >= 0.6 is 0 Å². The number of nitrogens with zero attached hydrogens (tertiary/aromatic N) is 1. The first-order valence-electron chi connectivity index (χ1n) is 9.59. The second-order valence-corrected chi connectivity index (χ2v) is 8.01. The Hall–Kier alpha value is -3.03. The Kier molecular flexibility index (Phi) is 4.04. The minimum Gasteiger partial charge on any atom is -0.508 e. The number of aromatic hydroxyl groups is 2. The van der Waals surface area contributed by atoms with Gasteiger partial charge in [-0.3, -0.25) is 9.69 Å². The molecule has 2 aromatic carbocycles. The zero-order chi connectivity index (χ0) is 20.2. The lowest BCUT2D eigenvalue weighted by atomic mass is 9.78. The molecular formula is C22H22N2O5. The van der Waals surface area contributed by atoms with E-state index in [4.69, 9.17) is 9.15 Å². The number of furan rings is 1. The summed E-state index contributed by atoms with van der Waals surface area (Å²) in [6, 6.07) is 9.80. The van der Waals surface area contributed by atoms with Gasteiger partial charge in [-0.1, -0.05) is 0 Å². The highest BCUT2D eigenvalue weighted by Gasteiger charge is 2.48. The first kappa shape index (κ1) is 18.0. The van der Waals surface area contributed by atoms with Gasteiger partial charge in [0.25, 0.3) is 5.91 Å². The lowest BCUT2D eigenvalue weighted by molar-refractivity contribution is -0.191. The van der Waals surface area contributed by atoms with Gasteiger partial charge in [-0.05, 0) is 36.4 Å². The van der Waals surface area contributed by atoms with Crippen LogP contribution < -0.4 is 5.32 Å². The summed E-state index contributed by atoms with van der Waals surface area (Å²) in [6.07, 6.45) is 0. The van der Waals surface area contributed by atoms with Gasteiger partial charge in [-0.2, -0.15) is 0 Å². The maximum atomic E-state index is 12.8. The molecule has 0 saturated carbocycles. The number of hydrogen-bond acceptors (Lipinski definition) is 6. The molecule has 0 atom stereocenters. The molecule has 2 aliphatic heterocycles. The molecule has 0 aliphatic carbocycles. The summed E-state index contributed by atoms with van der Waals surface area (Å²) in [6.45, 7) is 3.95. The number of carbonyl (C=O) groups is 1. The minimum absolute atomic E-state index is 0.136. The summed E-state index contributed by atoms with van der Waals surface area (Å²) in [7, 11) is 1.57. The van der Waals surface area contributed by atoms with Crippen LogP contribution in [0.4, 0.5) is 0 Å². The van der Waals surface area contributed by atoms with E-state index in [1.54, 1.807) is 43.4 Å². The first-order chi connectivity index (χ1) is 14.0. The second kappa shape index (κ2) is 6.50. The number of fused-ring (bicyclic) bond motifs is 1. The predicted octanol–water partition coefficient (Wildman–Crippen LogP) is 2.70. The van der Waals surface area contributed by atoms with Crippen LogP contribution in [0.3, 0.4) is 0 Å². The molecule has 0 radical (unpaired) electrons. The average molecular weight is 394 g/mol. The molecule has 3 N–H and O–H groups in total. The molecule has 2 fully saturated rings. The molecule has 1 spiro atoms. The van der Waals surface area contributed by atoms with Gasteiger partial charge in [0.1, 0.15) is 22.8 Å². The molecule has 2 aliphatic rings. The quantitative estimate of drug-likeness (QED) is 0.630. The van der Waals surface area contributed by atoms with Crippen LogP contribution in [-0.2, 0) is 11.3 Å². The number of phenols is 2. The number of nitrogens with one attached hydrogen (secondary N) is 1. The van der Waals surface area contributed by atoms with Gasteiger partial charge in [0, 0.05) is 48.6 Å². The third-order valence-electron chi connectivity index (χ3n) is 5.84. The molecule has 0 unspecified atom stereocenters. The van der Waals surface area contributed by atoms with Crippen molar-refractivity contribution in [3.05, 3.63) is 47.5 Å². The fourth-order valence-corrected chi connectivity index (χ4v) is 4.38. The summed E-state index contributed by atoms with van der Waals surface area (Å²) in [5.41, 5.74) is 2.56. The van der Waals surface area contributed by atoms with E-state index in [9.17, 15) is 15.0 Å². The fraction of sp³-hybridized carbons (Fsp3) is 0.318. The van der Waals surface area contributed by atoms with Gasteiger partial charge in [0.2, 0.25) is 0 Å². The molecule has 3 heterocycles. The molecule has 29 heavy (non-hydrogen) atoms. The van der Waals surface area contributed by atoms with Crippen molar-refractivity contribution in [2.45, 2.75) is 6.54 Å². The van der Waals surface area contributed by atoms with Crippen LogP contribution in [0, 0.1) is 5.41 Å². The SMILES string of the molecule is CNC(=O)c1c(-c2ccc(O)cc2)oc2ccc(O)c(CN3CC4(COC4)C3)c12. The van der Waals surface area contributed by atoms with E-state index >= 15 is 0 Å². The van der Waals surface area contributed by atoms with Crippen molar-refractivity contribution < 1.29 is 24.2 Å². The first-order valence-corrected chi connectivity index (χ1v) is 9.59. The lowest BCUT2D eigenvalue weighted by Gasteiger charge is -2.55. The number of likely N-dealkylation sites (tertiary alicyclic amines) is 1. The highest BCUT2D eigenvalue weighted by atomic mass is 16.5. The van der Waals surface area contributed by atoms with E-state index in [1.807, 2.05) is 0 Å². The van der Waals surface area contributed by atoms with Crippen LogP contribution in [0.25, 0.3) is 22.3 Å². The third kappa shape index (κ3) is 2.85. The number of phenolic OH excluding ortho intramolecular Hbond substituents is 2. The Labute approximate surface area is 167 Å². The highest BCUT2D eigenvalue weighted by Crippen LogP contribution is 2.42. The largest absolute Gasteiger partial charge is 0.508 e. The van der Waals surface area contributed by atoms with E-state index in [-0.39, 0.29) is 22.8 Å². The minimum atomic E-state index is -0.286. The van der Waals surface area contributed by atoms with Crippen LogP contribution in [0.15, 0.2) is 40.8 Å². The van der Waals surface area contributed by atoms with Crippen molar-refractivity contribution in [1.82, 2.24) is 10.2 Å². The predicted molar refractivity (Wildman–Crippen MR) is 107 cm³/mol. The van der Waals surface area contributed by atoms with Crippen molar-refractivity contribution in [2.24, 2.45) is 5.41 Å². The summed E-state index contributed by atoms with van der Waals surface area (Å²) >= 11 is 0. The Balaban J connectivity index is 1.62. The Morgan fingerprint density at radius 2 is 1.86 bits per heavy atom. The highest BCUT2D eigenvalue weighted by molar-refractivity contribution is 6.12. The fourth-order valence-electron chi connectivity index (χ4n) is 4.38. The summed E-state index contributed by atoms with van der Waals surface area (Å²) < 4.78 is 11.4. The molecule has 3 aromatic rings. The van der Waals surface area contributed by atoms with Crippen molar-refractivity contribution >= 4 is 16.9 Å². The Bertz CT molecular complexity index is 1090. The van der Waals surface area contributed by atoms with E-state index in [2.05, 4.69) is 10.2 Å². The third-order valence-corrected chi connectivity index (χ3v) is 5.84. The normalized spacial score (nSPS) is 17.8. The zero-order valence-electron chi connectivity index (χ0n) is 16.1. The van der Waals surface area contributed by atoms with Gasteiger partial charge in [-0.25, -0.2) is 0 Å². The van der Waals surface area contributed by atoms with Crippen molar-refractivity contribution in [1.29, 1.82) is 0 Å². The summed E-state index contributed by atoms with van der Waals surface area (Å²) in [4.78, 5) is 15.1. The number of hydrogen-bond donors (Lipinski definition) is 3. The number of amides is 1. The maximum absolute atomic E-state index is 12.8. The van der Waals surface area contributed by atoms with Gasteiger partial charge < -0.3 is 24.7 Å². The smallest absolute Gasteiger partial charge is 0.255 e. The zero-order valence-corrected chi connectivity index (χ0v) is 16.1. The van der Waals surface area contributed by atoms with Crippen LogP contribution in [0.5, 0.6) is 11.5 Å². The van der Waals surface area contributed by atoms with Gasteiger partial charge in [0.15, 0.2) is 0 Å². The topological polar surface area (TPSA) is 95.2 Å². The molecular weight excluding hydrogens is 372 g/mol. The van der Waals surface area contributed by atoms with Gasteiger partial charge in [-0.15, -0.1) is 0 Å². The molecule has 5 rings (SSSR count). The van der Waals surface area contributed by atoms with E-state index in [0.717, 1.165) is 26.3 Å². The number of carbonyl (C=O) groups excluding carboxylic acids is 1. The molecule has 0 bridgehead atoms. The number of benzene rings is 2. The molecule has 1 aromatic heterocycles. The number of ether oxygens (including phenoxy) is 1. The molecule has 7 nitrogen and oxygen atoms in total.